The van der Waals surface area contributed by atoms with Crippen molar-refractivity contribution < 1.29 is 18.0 Å². The van der Waals surface area contributed by atoms with Crippen LogP contribution in [0.5, 0.6) is 0 Å². The van der Waals surface area contributed by atoms with Gasteiger partial charge in [-0.2, -0.15) is 4.72 Å². The summed E-state index contributed by atoms with van der Waals surface area (Å²) in [5.74, 6) is -0.697. The van der Waals surface area contributed by atoms with Crippen molar-refractivity contribution in [1.82, 2.24) is 9.62 Å². The number of hydrogen-bond donors (Lipinski definition) is 3. The van der Waals surface area contributed by atoms with Crippen LogP contribution >= 0.6 is 0 Å². The van der Waals surface area contributed by atoms with E-state index in [0.29, 0.717) is 11.4 Å². The van der Waals surface area contributed by atoms with E-state index in [4.69, 9.17) is 0 Å². The fraction of sp³-hybridized carbons (Fsp3) is 0.391. The zero-order valence-corrected chi connectivity index (χ0v) is 19.2. The van der Waals surface area contributed by atoms with Crippen LogP contribution in [-0.4, -0.2) is 50.8 Å². The highest BCUT2D eigenvalue weighted by atomic mass is 32.2. The number of nitrogens with one attached hydrogen (secondary N) is 3. The molecule has 0 aliphatic carbocycles. The Morgan fingerprint density at radius 2 is 1.50 bits per heavy atom. The lowest BCUT2D eigenvalue weighted by atomic mass is 10.1. The van der Waals surface area contributed by atoms with Crippen molar-refractivity contribution in [2.45, 2.75) is 44.0 Å². The highest BCUT2D eigenvalue weighted by molar-refractivity contribution is 7.89. The van der Waals surface area contributed by atoms with Gasteiger partial charge in [0, 0.05) is 24.8 Å². The summed E-state index contributed by atoms with van der Waals surface area (Å²) in [6.07, 6.45) is 3.51. The highest BCUT2D eigenvalue weighted by Crippen LogP contribution is 2.16. The molecule has 1 heterocycles. The van der Waals surface area contributed by atoms with Crippen LogP contribution in [0.2, 0.25) is 0 Å². The highest BCUT2D eigenvalue weighted by Gasteiger charge is 2.22. The van der Waals surface area contributed by atoms with E-state index in [1.54, 1.807) is 0 Å². The number of anilines is 2. The fourth-order valence-corrected chi connectivity index (χ4v) is 4.78. The summed E-state index contributed by atoms with van der Waals surface area (Å²) in [6, 6.07) is 12.4. The molecule has 1 saturated heterocycles. The van der Waals surface area contributed by atoms with Gasteiger partial charge in [-0.15, -0.1) is 0 Å². The maximum Gasteiger partial charge on any atom is 0.242 e. The van der Waals surface area contributed by atoms with Crippen LogP contribution in [0.3, 0.4) is 0 Å². The fourth-order valence-electron chi connectivity index (χ4n) is 3.57. The van der Waals surface area contributed by atoms with Crippen molar-refractivity contribution in [3.8, 4) is 0 Å². The first-order chi connectivity index (χ1) is 15.2. The molecule has 1 atom stereocenters. The van der Waals surface area contributed by atoms with Crippen molar-refractivity contribution in [3.63, 3.8) is 0 Å². The Bertz CT molecular complexity index is 1030. The first kappa shape index (κ1) is 23.9. The summed E-state index contributed by atoms with van der Waals surface area (Å²) in [4.78, 5) is 26.0. The minimum atomic E-state index is -3.89. The molecule has 9 heteroatoms. The van der Waals surface area contributed by atoms with Crippen LogP contribution in [-0.2, 0) is 26.0 Å². The van der Waals surface area contributed by atoms with E-state index in [9.17, 15) is 18.0 Å². The number of sulfonamides is 1. The summed E-state index contributed by atoms with van der Waals surface area (Å²) in [6.45, 7) is 6.23. The van der Waals surface area contributed by atoms with Crippen LogP contribution in [0.15, 0.2) is 53.4 Å². The normalized spacial score (nSPS) is 15.3. The Morgan fingerprint density at radius 1 is 0.938 bits per heavy atom. The molecule has 2 aromatic carbocycles. The Balaban J connectivity index is 1.52. The van der Waals surface area contributed by atoms with E-state index in [-0.39, 0.29) is 10.8 Å². The van der Waals surface area contributed by atoms with Crippen LogP contribution < -0.4 is 15.4 Å². The van der Waals surface area contributed by atoms with Crippen molar-refractivity contribution >= 4 is 33.2 Å². The van der Waals surface area contributed by atoms with Crippen molar-refractivity contribution in [1.29, 1.82) is 0 Å². The van der Waals surface area contributed by atoms with Gasteiger partial charge in [-0.1, -0.05) is 12.1 Å². The first-order valence-corrected chi connectivity index (χ1v) is 12.2. The molecule has 0 radical (unpaired) electrons. The molecule has 3 rings (SSSR count). The van der Waals surface area contributed by atoms with Gasteiger partial charge < -0.3 is 15.5 Å². The first-order valence-electron chi connectivity index (χ1n) is 10.7. The molecule has 1 fully saturated rings. The molecule has 172 valence electrons. The number of rotatable bonds is 9. The number of benzene rings is 2. The third kappa shape index (κ3) is 6.88. The summed E-state index contributed by atoms with van der Waals surface area (Å²) in [7, 11) is -3.89. The molecule has 0 aromatic heterocycles. The lowest BCUT2D eigenvalue weighted by Crippen LogP contribution is -2.41. The van der Waals surface area contributed by atoms with Gasteiger partial charge in [0.2, 0.25) is 21.8 Å². The quantitative estimate of drug-likeness (QED) is 0.535. The Labute approximate surface area is 189 Å². The average molecular weight is 459 g/mol. The van der Waals surface area contributed by atoms with Crippen LogP contribution in [0, 0.1) is 0 Å². The van der Waals surface area contributed by atoms with E-state index in [1.165, 1.54) is 69.6 Å². The molecule has 32 heavy (non-hydrogen) atoms. The topological polar surface area (TPSA) is 108 Å². The lowest BCUT2D eigenvalue weighted by molar-refractivity contribution is -0.117. The Morgan fingerprint density at radius 3 is 2.09 bits per heavy atom. The Kier molecular flexibility index (Phi) is 8.00. The summed E-state index contributed by atoms with van der Waals surface area (Å²) in [5.41, 5.74) is 2.31. The predicted molar refractivity (Wildman–Crippen MR) is 125 cm³/mol. The minimum Gasteiger partial charge on any atom is -0.326 e. The molecular formula is C23H30N4O4S. The zero-order valence-electron chi connectivity index (χ0n) is 18.4. The third-order valence-electron chi connectivity index (χ3n) is 5.35. The molecule has 0 unspecified atom stereocenters. The van der Waals surface area contributed by atoms with Gasteiger partial charge in [-0.05, 0) is 81.2 Å². The molecule has 3 N–H and O–H groups in total. The molecule has 2 amide bonds. The van der Waals surface area contributed by atoms with Crippen molar-refractivity contribution in [2.24, 2.45) is 0 Å². The molecule has 8 nitrogen and oxygen atoms in total. The second-order valence-corrected chi connectivity index (χ2v) is 9.75. The molecule has 2 aromatic rings. The molecule has 1 aliphatic heterocycles. The molecule has 0 bridgehead atoms. The number of carbonyl (C=O) groups excluding carboxylic acids is 2. The molecular weight excluding hydrogens is 428 g/mol. The molecule has 1 aliphatic rings. The van der Waals surface area contributed by atoms with Gasteiger partial charge >= 0.3 is 0 Å². The third-order valence-corrected chi connectivity index (χ3v) is 6.90. The van der Waals surface area contributed by atoms with E-state index in [2.05, 4.69) is 20.3 Å². The lowest BCUT2D eigenvalue weighted by Gasteiger charge is -2.16. The van der Waals surface area contributed by atoms with Crippen LogP contribution in [0.4, 0.5) is 11.4 Å². The Hall–Kier alpha value is -2.75. The smallest absolute Gasteiger partial charge is 0.242 e. The monoisotopic (exact) mass is 458 g/mol. The summed E-state index contributed by atoms with van der Waals surface area (Å²) in [5, 5.41) is 5.32. The van der Waals surface area contributed by atoms with Crippen molar-refractivity contribution in [2.75, 3.05) is 30.3 Å². The van der Waals surface area contributed by atoms with Gasteiger partial charge in [0.05, 0.1) is 10.9 Å². The average Bonchev–Trinajstić information content (AvgIpc) is 3.26. The second kappa shape index (κ2) is 10.7. The number of carbonyl (C=O) groups is 2. The van der Waals surface area contributed by atoms with Crippen LogP contribution in [0.25, 0.3) is 0 Å². The summed E-state index contributed by atoms with van der Waals surface area (Å²) < 4.78 is 27.5. The molecule has 0 saturated carbocycles. The van der Waals surface area contributed by atoms with E-state index in [1.807, 2.05) is 24.3 Å². The summed E-state index contributed by atoms with van der Waals surface area (Å²) >= 11 is 0. The van der Waals surface area contributed by atoms with Crippen LogP contribution in [0.1, 0.15) is 32.3 Å². The van der Waals surface area contributed by atoms with Gasteiger partial charge in [0.15, 0.2) is 0 Å². The predicted octanol–water partition coefficient (Wildman–Crippen LogP) is 2.59. The van der Waals surface area contributed by atoms with Crippen molar-refractivity contribution in [3.05, 3.63) is 54.1 Å². The van der Waals surface area contributed by atoms with Gasteiger partial charge in [-0.3, -0.25) is 9.59 Å². The maximum atomic E-state index is 12.6. The molecule has 0 spiro atoms. The minimum absolute atomic E-state index is 0.00797. The largest absolute Gasteiger partial charge is 0.326 e. The number of likely N-dealkylation sites (tertiary alicyclic amines) is 1. The zero-order chi connectivity index (χ0) is 23.1. The number of nitrogens with zero attached hydrogens (tertiary/aromatic N) is 1. The second-order valence-electron chi connectivity index (χ2n) is 8.03. The van der Waals surface area contributed by atoms with Gasteiger partial charge in [0.1, 0.15) is 0 Å². The maximum absolute atomic E-state index is 12.6. The number of hydrogen-bond acceptors (Lipinski definition) is 5. The van der Waals surface area contributed by atoms with E-state index in [0.717, 1.165) is 13.0 Å². The SMILES string of the molecule is CC(=O)Nc1ccc(S(=O)(=O)N[C@@H](C)C(=O)Nc2ccc(CCN3CCCC3)cc2)cc1. The standard InChI is InChI=1S/C23H30N4O4S/c1-17(26-32(30,31)22-11-9-20(10-12-22)24-18(2)28)23(29)25-21-7-5-19(6-8-21)13-16-27-14-3-4-15-27/h5-12,17,26H,3-4,13-16H2,1-2H3,(H,24,28)(H,25,29)/t17-/m0/s1. The van der Waals surface area contributed by atoms with Gasteiger partial charge in [-0.25, -0.2) is 8.42 Å². The van der Waals surface area contributed by atoms with Gasteiger partial charge in [0.25, 0.3) is 0 Å². The number of amides is 2. The van der Waals surface area contributed by atoms with E-state index >= 15 is 0 Å². The van der Waals surface area contributed by atoms with E-state index < -0.39 is 22.0 Å².